The lowest BCUT2D eigenvalue weighted by Crippen LogP contribution is -2.30. The first-order valence-electron chi connectivity index (χ1n) is 9.88. The number of anilines is 2. The lowest BCUT2D eigenvalue weighted by Gasteiger charge is -2.21. The number of aliphatic hydroxyl groups excluding tert-OH is 2. The van der Waals surface area contributed by atoms with E-state index in [9.17, 15) is 10.2 Å². The standard InChI is InChI=1S/C22H25N5O3/c1-12-8-16-9-18(13(2)28)19(14(3)29)10-20(16)21(15-4-6-17(23)7-5-15)25-27(12)22-24-11-30-26-22/h4-7,9-14,28-29H,8,23H2,1-3H3. The van der Waals surface area contributed by atoms with Crippen molar-refractivity contribution in [3.8, 4) is 0 Å². The second-order valence-electron chi connectivity index (χ2n) is 7.69. The largest absolute Gasteiger partial charge is 0.399 e. The predicted molar refractivity (Wildman–Crippen MR) is 114 cm³/mol. The molecule has 0 aliphatic carbocycles. The van der Waals surface area contributed by atoms with E-state index in [-0.39, 0.29) is 6.04 Å². The molecule has 4 N–H and O–H groups in total. The van der Waals surface area contributed by atoms with Gasteiger partial charge in [-0.3, -0.25) is 0 Å². The number of aliphatic hydroxyl groups is 2. The zero-order chi connectivity index (χ0) is 21.4. The number of benzene rings is 2. The third-order valence-electron chi connectivity index (χ3n) is 5.34. The second-order valence-corrected chi connectivity index (χ2v) is 7.69. The normalized spacial score (nSPS) is 18.4. The number of hydrogen-bond acceptors (Lipinski definition) is 8. The molecule has 1 aliphatic heterocycles. The van der Waals surface area contributed by atoms with E-state index in [1.165, 1.54) is 6.39 Å². The van der Waals surface area contributed by atoms with Gasteiger partial charge in [-0.05, 0) is 67.2 Å². The molecule has 156 valence electrons. The molecule has 0 amide bonds. The van der Waals surface area contributed by atoms with Gasteiger partial charge in [0.15, 0.2) is 0 Å². The van der Waals surface area contributed by atoms with Crippen molar-refractivity contribution in [3.63, 3.8) is 0 Å². The van der Waals surface area contributed by atoms with E-state index in [1.807, 2.05) is 43.3 Å². The summed E-state index contributed by atoms with van der Waals surface area (Å²) >= 11 is 0. The Morgan fingerprint density at radius 2 is 1.77 bits per heavy atom. The van der Waals surface area contributed by atoms with Crippen LogP contribution in [0.5, 0.6) is 0 Å². The number of hydrogen-bond donors (Lipinski definition) is 3. The summed E-state index contributed by atoms with van der Waals surface area (Å²) in [4.78, 5) is 4.17. The zero-order valence-corrected chi connectivity index (χ0v) is 17.1. The summed E-state index contributed by atoms with van der Waals surface area (Å²) in [6.45, 7) is 5.42. The molecule has 0 fully saturated rings. The third-order valence-corrected chi connectivity index (χ3v) is 5.34. The summed E-state index contributed by atoms with van der Waals surface area (Å²) in [6.07, 6.45) is 0.478. The molecule has 8 nitrogen and oxygen atoms in total. The minimum absolute atomic E-state index is 0.0631. The molecule has 0 saturated carbocycles. The molecule has 30 heavy (non-hydrogen) atoms. The van der Waals surface area contributed by atoms with Gasteiger partial charge in [-0.1, -0.05) is 18.2 Å². The number of nitrogen functional groups attached to an aromatic ring is 1. The molecule has 3 atom stereocenters. The van der Waals surface area contributed by atoms with Crippen LogP contribution < -0.4 is 10.7 Å². The number of hydrazone groups is 1. The lowest BCUT2D eigenvalue weighted by molar-refractivity contribution is 0.175. The fourth-order valence-electron chi connectivity index (χ4n) is 3.82. The molecule has 2 heterocycles. The van der Waals surface area contributed by atoms with E-state index in [2.05, 4.69) is 10.1 Å². The van der Waals surface area contributed by atoms with Crippen molar-refractivity contribution in [1.82, 2.24) is 10.1 Å². The van der Waals surface area contributed by atoms with Crippen LogP contribution in [0.4, 0.5) is 11.6 Å². The van der Waals surface area contributed by atoms with Crippen molar-refractivity contribution in [2.24, 2.45) is 5.10 Å². The molecular formula is C22H25N5O3. The highest BCUT2D eigenvalue weighted by Gasteiger charge is 2.28. The summed E-state index contributed by atoms with van der Waals surface area (Å²) in [6, 6.07) is 11.3. The Bertz CT molecular complexity index is 1060. The van der Waals surface area contributed by atoms with Gasteiger partial charge in [-0.25, -0.2) is 5.01 Å². The molecule has 1 aromatic heterocycles. The van der Waals surface area contributed by atoms with E-state index < -0.39 is 12.2 Å². The Balaban J connectivity index is 1.96. The van der Waals surface area contributed by atoms with E-state index >= 15 is 0 Å². The molecular weight excluding hydrogens is 382 g/mol. The first-order chi connectivity index (χ1) is 14.3. The van der Waals surface area contributed by atoms with Gasteiger partial charge in [-0.2, -0.15) is 10.1 Å². The van der Waals surface area contributed by atoms with Crippen LogP contribution in [0.25, 0.3) is 0 Å². The van der Waals surface area contributed by atoms with Crippen molar-refractivity contribution in [1.29, 1.82) is 0 Å². The maximum Gasteiger partial charge on any atom is 0.286 e. The van der Waals surface area contributed by atoms with Crippen LogP contribution in [0.2, 0.25) is 0 Å². The molecule has 0 spiro atoms. The first-order valence-corrected chi connectivity index (χ1v) is 9.88. The summed E-state index contributed by atoms with van der Waals surface area (Å²) in [5.74, 6) is 0.370. The van der Waals surface area contributed by atoms with Gasteiger partial charge in [0.2, 0.25) is 6.39 Å². The van der Waals surface area contributed by atoms with E-state index in [4.69, 9.17) is 15.4 Å². The monoisotopic (exact) mass is 407 g/mol. The summed E-state index contributed by atoms with van der Waals surface area (Å²) in [7, 11) is 0. The van der Waals surface area contributed by atoms with Crippen molar-refractivity contribution in [2.45, 2.75) is 45.4 Å². The van der Waals surface area contributed by atoms with Gasteiger partial charge in [0.1, 0.15) is 0 Å². The van der Waals surface area contributed by atoms with Crippen molar-refractivity contribution < 1.29 is 14.7 Å². The molecule has 3 aromatic rings. The quantitative estimate of drug-likeness (QED) is 0.569. The minimum Gasteiger partial charge on any atom is -0.399 e. The summed E-state index contributed by atoms with van der Waals surface area (Å²) < 4.78 is 4.94. The van der Waals surface area contributed by atoms with Crippen molar-refractivity contribution in [2.75, 3.05) is 10.7 Å². The summed E-state index contributed by atoms with van der Waals surface area (Å²) in [5.41, 5.74) is 11.4. The van der Waals surface area contributed by atoms with Gasteiger partial charge in [-0.15, -0.1) is 0 Å². The molecule has 3 unspecified atom stereocenters. The highest BCUT2D eigenvalue weighted by molar-refractivity contribution is 6.14. The average Bonchev–Trinajstić information content (AvgIpc) is 3.19. The average molecular weight is 407 g/mol. The van der Waals surface area contributed by atoms with E-state index in [1.54, 1.807) is 18.9 Å². The van der Waals surface area contributed by atoms with Gasteiger partial charge in [0.25, 0.3) is 5.95 Å². The number of nitrogens with zero attached hydrogens (tertiary/aromatic N) is 4. The molecule has 0 saturated heterocycles. The number of aromatic nitrogens is 2. The molecule has 1 aliphatic rings. The van der Waals surface area contributed by atoms with Crippen LogP contribution in [0, 0.1) is 0 Å². The number of nitrogens with two attached hydrogens (primary N) is 1. The maximum absolute atomic E-state index is 10.4. The summed E-state index contributed by atoms with van der Waals surface area (Å²) in [5, 5.41) is 31.3. The van der Waals surface area contributed by atoms with Crippen LogP contribution >= 0.6 is 0 Å². The SMILES string of the molecule is CC(O)c1cc2c(cc1C(C)O)C(c1ccc(N)cc1)=NN(c1ncon1)C(C)C2. The number of rotatable bonds is 4. The van der Waals surface area contributed by atoms with Crippen LogP contribution in [0.1, 0.15) is 60.8 Å². The zero-order valence-electron chi connectivity index (χ0n) is 17.1. The molecule has 0 radical (unpaired) electrons. The fraction of sp³-hybridized carbons (Fsp3) is 0.318. The van der Waals surface area contributed by atoms with E-state index in [0.717, 1.165) is 16.7 Å². The van der Waals surface area contributed by atoms with Crippen molar-refractivity contribution in [3.05, 3.63) is 70.6 Å². The van der Waals surface area contributed by atoms with Crippen LogP contribution in [0.3, 0.4) is 0 Å². The lowest BCUT2D eigenvalue weighted by atomic mass is 9.87. The minimum atomic E-state index is -0.735. The van der Waals surface area contributed by atoms with Gasteiger partial charge < -0.3 is 20.5 Å². The topological polar surface area (TPSA) is 121 Å². The number of fused-ring (bicyclic) bond motifs is 1. The third kappa shape index (κ3) is 3.67. The predicted octanol–water partition coefficient (Wildman–Crippen LogP) is 2.96. The highest BCUT2D eigenvalue weighted by atomic mass is 16.5. The fourth-order valence-corrected chi connectivity index (χ4v) is 3.82. The van der Waals surface area contributed by atoms with Crippen LogP contribution in [-0.4, -0.2) is 32.1 Å². The highest BCUT2D eigenvalue weighted by Crippen LogP contribution is 2.33. The smallest absolute Gasteiger partial charge is 0.286 e. The Kier molecular flexibility index (Phi) is 5.27. The van der Waals surface area contributed by atoms with Gasteiger partial charge in [0.05, 0.1) is 24.0 Å². The Morgan fingerprint density at radius 3 is 2.37 bits per heavy atom. The molecule has 8 heteroatoms. The Morgan fingerprint density at radius 1 is 1.10 bits per heavy atom. The van der Waals surface area contributed by atoms with Crippen molar-refractivity contribution >= 4 is 17.3 Å². The molecule has 0 bridgehead atoms. The Hall–Kier alpha value is -3.23. The van der Waals surface area contributed by atoms with Crippen LogP contribution in [0.15, 0.2) is 52.4 Å². The van der Waals surface area contributed by atoms with Crippen LogP contribution in [-0.2, 0) is 6.42 Å². The first kappa shape index (κ1) is 20.1. The Labute approximate surface area is 174 Å². The van der Waals surface area contributed by atoms with Gasteiger partial charge >= 0.3 is 0 Å². The molecule has 4 rings (SSSR count). The van der Waals surface area contributed by atoms with Gasteiger partial charge in [0, 0.05) is 16.8 Å². The molecule has 2 aromatic carbocycles. The van der Waals surface area contributed by atoms with E-state index in [0.29, 0.717) is 34.9 Å². The second kappa shape index (κ2) is 7.89. The maximum atomic E-state index is 10.4.